The molecule has 102 valence electrons. The van der Waals surface area contributed by atoms with E-state index < -0.39 is 11.9 Å². The number of hydrogen-bond acceptors (Lipinski definition) is 1. The molecule has 0 spiro atoms. The van der Waals surface area contributed by atoms with E-state index in [2.05, 4.69) is 21.0 Å². The van der Waals surface area contributed by atoms with Gasteiger partial charge >= 0.3 is 6.18 Å². The minimum absolute atomic E-state index is 0.00948. The first-order chi connectivity index (χ1) is 8.79. The summed E-state index contributed by atoms with van der Waals surface area (Å²) in [6.07, 6.45) is -4.49. The Bertz CT molecular complexity index is 590. The van der Waals surface area contributed by atoms with E-state index in [1.807, 2.05) is 12.1 Å². The van der Waals surface area contributed by atoms with E-state index in [-0.39, 0.29) is 17.3 Å². The van der Waals surface area contributed by atoms with Crippen molar-refractivity contribution in [3.63, 3.8) is 0 Å². The molecule has 0 bridgehead atoms. The molecule has 1 aromatic heterocycles. The van der Waals surface area contributed by atoms with Crippen molar-refractivity contribution >= 4 is 27.5 Å². The van der Waals surface area contributed by atoms with E-state index in [4.69, 9.17) is 11.6 Å². The minimum Gasteiger partial charge on any atom is -0.249 e. The van der Waals surface area contributed by atoms with Crippen LogP contribution in [0, 0.1) is 6.92 Å². The van der Waals surface area contributed by atoms with Crippen LogP contribution in [-0.2, 0) is 12.7 Å². The van der Waals surface area contributed by atoms with Gasteiger partial charge in [-0.05, 0) is 24.6 Å². The summed E-state index contributed by atoms with van der Waals surface area (Å²) in [5, 5.41) is 3.56. The minimum atomic E-state index is -4.49. The molecule has 0 saturated heterocycles. The second-order valence-corrected chi connectivity index (χ2v) is 5.32. The van der Waals surface area contributed by atoms with Crippen LogP contribution in [0.2, 0.25) is 5.15 Å². The monoisotopic (exact) mass is 352 g/mol. The van der Waals surface area contributed by atoms with Gasteiger partial charge in [0.1, 0.15) is 5.15 Å². The Hall–Kier alpha value is -1.01. The highest BCUT2D eigenvalue weighted by atomic mass is 79.9. The lowest BCUT2D eigenvalue weighted by molar-refractivity contribution is -0.141. The average Bonchev–Trinajstić information content (AvgIpc) is 2.60. The zero-order valence-electron chi connectivity index (χ0n) is 9.80. The fourth-order valence-corrected chi connectivity index (χ4v) is 2.12. The molecule has 0 fully saturated rings. The molecule has 0 atom stereocenters. The highest BCUT2D eigenvalue weighted by Gasteiger charge is 2.37. The van der Waals surface area contributed by atoms with E-state index in [1.165, 1.54) is 6.92 Å². The fourth-order valence-electron chi connectivity index (χ4n) is 1.67. The Labute approximate surface area is 121 Å². The van der Waals surface area contributed by atoms with Gasteiger partial charge in [-0.15, -0.1) is 0 Å². The van der Waals surface area contributed by atoms with E-state index in [1.54, 1.807) is 12.1 Å². The Kier molecular flexibility index (Phi) is 3.92. The smallest absolute Gasteiger partial charge is 0.249 e. The number of benzene rings is 1. The summed E-state index contributed by atoms with van der Waals surface area (Å²) < 4.78 is 40.1. The van der Waals surface area contributed by atoms with Crippen molar-refractivity contribution in [1.29, 1.82) is 0 Å². The maximum absolute atomic E-state index is 12.7. The van der Waals surface area contributed by atoms with E-state index in [0.717, 1.165) is 14.7 Å². The number of halogens is 5. The first kappa shape index (κ1) is 14.4. The standard InChI is InChI=1S/C12H9BrClF3N2/c1-7-10(12(15,16)17)18-19(11(7)14)6-8-2-4-9(13)5-3-8/h2-5H,6H2,1H3. The zero-order valence-corrected chi connectivity index (χ0v) is 12.1. The largest absolute Gasteiger partial charge is 0.435 e. The number of nitrogens with zero attached hydrogens (tertiary/aromatic N) is 2. The Balaban J connectivity index is 2.34. The van der Waals surface area contributed by atoms with Gasteiger partial charge in [-0.1, -0.05) is 39.7 Å². The molecule has 2 aromatic rings. The molecule has 0 saturated carbocycles. The molecule has 0 aliphatic carbocycles. The van der Waals surface area contributed by atoms with Crippen molar-refractivity contribution in [2.75, 3.05) is 0 Å². The molecule has 2 rings (SSSR count). The van der Waals surface area contributed by atoms with Gasteiger partial charge in [0.2, 0.25) is 0 Å². The molecule has 19 heavy (non-hydrogen) atoms. The topological polar surface area (TPSA) is 17.8 Å². The van der Waals surface area contributed by atoms with Gasteiger partial charge in [-0.3, -0.25) is 0 Å². The normalized spacial score (nSPS) is 11.9. The molecule has 0 aliphatic rings. The average molecular weight is 354 g/mol. The van der Waals surface area contributed by atoms with Gasteiger partial charge in [-0.2, -0.15) is 18.3 Å². The summed E-state index contributed by atoms with van der Waals surface area (Å²) in [5.41, 5.74) is -0.165. The first-order valence-corrected chi connectivity index (χ1v) is 6.50. The SMILES string of the molecule is Cc1c(C(F)(F)F)nn(Cc2ccc(Br)cc2)c1Cl. The molecule has 0 N–H and O–H groups in total. The van der Waals surface area contributed by atoms with Crippen LogP contribution in [0.5, 0.6) is 0 Å². The van der Waals surface area contributed by atoms with Gasteiger partial charge in [0.25, 0.3) is 0 Å². The summed E-state index contributed by atoms with van der Waals surface area (Å²) >= 11 is 9.18. The molecule has 1 heterocycles. The maximum atomic E-state index is 12.7. The Morgan fingerprint density at radius 1 is 1.26 bits per heavy atom. The van der Waals surface area contributed by atoms with Crippen LogP contribution in [0.15, 0.2) is 28.7 Å². The molecule has 1 aromatic carbocycles. The maximum Gasteiger partial charge on any atom is 0.435 e. The van der Waals surface area contributed by atoms with Crippen molar-refractivity contribution in [2.24, 2.45) is 0 Å². The lowest BCUT2D eigenvalue weighted by Gasteiger charge is -2.04. The van der Waals surface area contributed by atoms with Gasteiger partial charge in [-0.25, -0.2) is 4.68 Å². The van der Waals surface area contributed by atoms with Crippen LogP contribution in [0.25, 0.3) is 0 Å². The van der Waals surface area contributed by atoms with Crippen molar-refractivity contribution in [2.45, 2.75) is 19.6 Å². The third-order valence-electron chi connectivity index (χ3n) is 2.63. The van der Waals surface area contributed by atoms with Gasteiger partial charge < -0.3 is 0 Å². The van der Waals surface area contributed by atoms with E-state index >= 15 is 0 Å². The number of rotatable bonds is 2. The zero-order chi connectivity index (χ0) is 14.2. The summed E-state index contributed by atoms with van der Waals surface area (Å²) in [7, 11) is 0. The predicted molar refractivity (Wildman–Crippen MR) is 70.2 cm³/mol. The first-order valence-electron chi connectivity index (χ1n) is 5.33. The van der Waals surface area contributed by atoms with E-state index in [9.17, 15) is 13.2 Å². The summed E-state index contributed by atoms with van der Waals surface area (Å²) in [5.74, 6) is 0. The van der Waals surface area contributed by atoms with Gasteiger partial charge in [0.15, 0.2) is 5.69 Å². The van der Waals surface area contributed by atoms with Crippen LogP contribution in [0.4, 0.5) is 13.2 Å². The van der Waals surface area contributed by atoms with Crippen molar-refractivity contribution in [1.82, 2.24) is 9.78 Å². The molecule has 2 nitrogen and oxygen atoms in total. The Morgan fingerprint density at radius 2 is 1.84 bits per heavy atom. The summed E-state index contributed by atoms with van der Waals surface area (Å²) in [6.45, 7) is 1.51. The van der Waals surface area contributed by atoms with Crippen LogP contribution in [0.3, 0.4) is 0 Å². The molecule has 0 aliphatic heterocycles. The van der Waals surface area contributed by atoms with Crippen molar-refractivity contribution in [3.05, 3.63) is 50.7 Å². The molecular formula is C12H9BrClF3N2. The van der Waals surface area contributed by atoms with Crippen LogP contribution < -0.4 is 0 Å². The fraction of sp³-hybridized carbons (Fsp3) is 0.250. The summed E-state index contributed by atoms with van der Waals surface area (Å²) in [4.78, 5) is 0. The van der Waals surface area contributed by atoms with E-state index in [0.29, 0.717) is 0 Å². The van der Waals surface area contributed by atoms with Gasteiger partial charge in [0.05, 0.1) is 6.54 Å². The Morgan fingerprint density at radius 3 is 2.32 bits per heavy atom. The predicted octanol–water partition coefficient (Wildman–Crippen LogP) is 4.67. The molecular weight excluding hydrogens is 344 g/mol. The van der Waals surface area contributed by atoms with Crippen LogP contribution >= 0.6 is 27.5 Å². The highest BCUT2D eigenvalue weighted by molar-refractivity contribution is 9.10. The molecule has 0 amide bonds. The van der Waals surface area contributed by atoms with Crippen molar-refractivity contribution in [3.8, 4) is 0 Å². The summed E-state index contributed by atoms with van der Waals surface area (Å²) in [6, 6.07) is 7.21. The third-order valence-corrected chi connectivity index (χ3v) is 3.63. The number of hydrogen-bond donors (Lipinski definition) is 0. The molecule has 0 radical (unpaired) electrons. The highest BCUT2D eigenvalue weighted by Crippen LogP contribution is 2.34. The second kappa shape index (κ2) is 5.17. The van der Waals surface area contributed by atoms with Crippen LogP contribution in [0.1, 0.15) is 16.8 Å². The number of alkyl halides is 3. The van der Waals surface area contributed by atoms with Crippen molar-refractivity contribution < 1.29 is 13.2 Å². The molecule has 7 heteroatoms. The lowest BCUT2D eigenvalue weighted by Crippen LogP contribution is -2.09. The van der Waals surface area contributed by atoms with Crippen LogP contribution in [-0.4, -0.2) is 9.78 Å². The quantitative estimate of drug-likeness (QED) is 0.767. The lowest BCUT2D eigenvalue weighted by atomic mass is 10.2. The third kappa shape index (κ3) is 3.12. The second-order valence-electron chi connectivity index (χ2n) is 4.05. The number of aromatic nitrogens is 2. The molecule has 0 unspecified atom stereocenters. The van der Waals surface area contributed by atoms with Gasteiger partial charge in [0, 0.05) is 10.0 Å².